The first-order chi connectivity index (χ1) is 13.1. The maximum Gasteiger partial charge on any atom is 0.303 e. The van der Waals surface area contributed by atoms with Gasteiger partial charge in [-0.3, -0.25) is 14.4 Å². The zero-order valence-corrected chi connectivity index (χ0v) is 18.0. The summed E-state index contributed by atoms with van der Waals surface area (Å²) in [7, 11) is 0. The van der Waals surface area contributed by atoms with E-state index in [9.17, 15) is 14.4 Å². The van der Waals surface area contributed by atoms with Gasteiger partial charge >= 0.3 is 5.97 Å². The molecule has 0 unspecified atom stereocenters. The van der Waals surface area contributed by atoms with Crippen LogP contribution in [0.5, 0.6) is 0 Å². The van der Waals surface area contributed by atoms with E-state index in [1.165, 1.54) is 12.5 Å². The Labute approximate surface area is 168 Å². The molecule has 0 bridgehead atoms. The predicted octanol–water partition coefficient (Wildman–Crippen LogP) is 4.66. The Morgan fingerprint density at radius 2 is 1.82 bits per heavy atom. The van der Waals surface area contributed by atoms with Crippen molar-refractivity contribution in [2.75, 3.05) is 0 Å². The fraction of sp³-hybridized carbons (Fsp3) is 0.792. The van der Waals surface area contributed by atoms with Gasteiger partial charge in [-0.05, 0) is 74.7 Å². The average Bonchev–Trinajstić information content (AvgIpc) is 2.92. The summed E-state index contributed by atoms with van der Waals surface area (Å²) in [5.74, 6) is 1.01. The number of hydrogen-bond acceptors (Lipinski definition) is 4. The van der Waals surface area contributed by atoms with Gasteiger partial charge in [-0.1, -0.05) is 33.3 Å². The molecule has 0 aromatic carbocycles. The second-order valence-corrected chi connectivity index (χ2v) is 10.5. The summed E-state index contributed by atoms with van der Waals surface area (Å²) in [5, 5.41) is 0. The summed E-state index contributed by atoms with van der Waals surface area (Å²) in [4.78, 5) is 36.8. The highest BCUT2D eigenvalue weighted by molar-refractivity contribution is 6.44. The molecular weight excluding hydrogens is 352 g/mol. The highest BCUT2D eigenvalue weighted by Crippen LogP contribution is 2.67. The van der Waals surface area contributed by atoms with Gasteiger partial charge in [0.05, 0.1) is 0 Å². The van der Waals surface area contributed by atoms with Crippen molar-refractivity contribution in [2.24, 2.45) is 34.5 Å². The summed E-state index contributed by atoms with van der Waals surface area (Å²) in [6, 6.07) is 0. The molecule has 0 heterocycles. The Kier molecular flexibility index (Phi) is 4.45. The summed E-state index contributed by atoms with van der Waals surface area (Å²) < 4.78 is 6.03. The van der Waals surface area contributed by atoms with Crippen molar-refractivity contribution in [3.05, 3.63) is 11.6 Å². The number of Topliss-reactive ketones (excluding diaryl/α,β-unsaturated/α-hetero) is 1. The molecule has 0 saturated heterocycles. The van der Waals surface area contributed by atoms with Crippen LogP contribution < -0.4 is 0 Å². The lowest BCUT2D eigenvalue weighted by molar-refractivity contribution is -0.182. The van der Waals surface area contributed by atoms with E-state index < -0.39 is 5.41 Å². The maximum atomic E-state index is 12.7. The van der Waals surface area contributed by atoms with E-state index in [4.69, 9.17) is 4.74 Å². The van der Waals surface area contributed by atoms with Crippen LogP contribution in [0, 0.1) is 34.5 Å². The molecule has 4 aliphatic carbocycles. The summed E-state index contributed by atoms with van der Waals surface area (Å²) >= 11 is 0. The zero-order valence-electron chi connectivity index (χ0n) is 18.0. The standard InChI is InChI=1S/C24H34O4/c1-6-24(28-14(2)25)12-10-18-16-8-7-15-13-19(26)21(27)22(3,4)20(15)17(16)9-11-23(18,24)5/h13,16-18,20H,6-12H2,1-5H3/t16-,17+,18+,20+,23+,24-/m1/s1. The number of esters is 1. The average molecular weight is 387 g/mol. The van der Waals surface area contributed by atoms with Gasteiger partial charge in [-0.2, -0.15) is 0 Å². The SMILES string of the molecule is CC[C@@]1(OC(C)=O)CC[C@H]2[C@@H]3CCC4=CC(=O)C(=O)C(C)(C)[C@@H]4[C@H]3CC[C@@]21C. The summed E-state index contributed by atoms with van der Waals surface area (Å²) in [6.45, 7) is 9.98. The van der Waals surface area contributed by atoms with Crippen LogP contribution in [0.25, 0.3) is 0 Å². The zero-order chi connectivity index (χ0) is 20.5. The molecule has 4 heteroatoms. The third-order valence-corrected chi connectivity index (χ3v) is 9.19. The van der Waals surface area contributed by atoms with Crippen LogP contribution in [0.3, 0.4) is 0 Å². The minimum atomic E-state index is -0.603. The first kappa shape index (κ1) is 19.8. The quantitative estimate of drug-likeness (QED) is 0.512. The third kappa shape index (κ3) is 2.45. The van der Waals surface area contributed by atoms with Crippen molar-refractivity contribution < 1.29 is 19.1 Å². The van der Waals surface area contributed by atoms with E-state index in [1.54, 1.807) is 6.08 Å². The second kappa shape index (κ2) is 6.27. The number of allylic oxidation sites excluding steroid dienone is 1. The van der Waals surface area contributed by atoms with Crippen molar-refractivity contribution >= 4 is 17.5 Å². The lowest BCUT2D eigenvalue weighted by Crippen LogP contribution is -2.56. The van der Waals surface area contributed by atoms with Crippen LogP contribution >= 0.6 is 0 Å². The van der Waals surface area contributed by atoms with Gasteiger partial charge in [-0.25, -0.2) is 0 Å². The summed E-state index contributed by atoms with van der Waals surface area (Å²) in [5.41, 5.74) is 0.265. The fourth-order valence-electron chi connectivity index (χ4n) is 7.95. The molecule has 28 heavy (non-hydrogen) atoms. The Balaban J connectivity index is 1.70. The molecule has 4 nitrogen and oxygen atoms in total. The number of fused-ring (bicyclic) bond motifs is 5. The predicted molar refractivity (Wildman–Crippen MR) is 106 cm³/mol. The van der Waals surface area contributed by atoms with Gasteiger partial charge in [-0.15, -0.1) is 0 Å². The smallest absolute Gasteiger partial charge is 0.303 e. The van der Waals surface area contributed by atoms with Gasteiger partial charge in [0.1, 0.15) is 5.60 Å². The van der Waals surface area contributed by atoms with E-state index in [2.05, 4.69) is 13.8 Å². The monoisotopic (exact) mass is 386 g/mol. The van der Waals surface area contributed by atoms with Gasteiger partial charge in [0, 0.05) is 17.8 Å². The Morgan fingerprint density at radius 1 is 1.11 bits per heavy atom. The van der Waals surface area contributed by atoms with E-state index in [0.717, 1.165) is 44.9 Å². The first-order valence-corrected chi connectivity index (χ1v) is 11.1. The molecule has 6 atom stereocenters. The molecule has 4 aliphatic rings. The molecule has 0 aromatic rings. The molecule has 0 spiro atoms. The third-order valence-electron chi connectivity index (χ3n) is 9.19. The van der Waals surface area contributed by atoms with Crippen molar-refractivity contribution in [1.29, 1.82) is 0 Å². The van der Waals surface area contributed by atoms with Crippen LogP contribution in [0.2, 0.25) is 0 Å². The number of rotatable bonds is 2. The van der Waals surface area contributed by atoms with Crippen molar-refractivity contribution in [3.8, 4) is 0 Å². The highest BCUT2D eigenvalue weighted by Gasteiger charge is 2.65. The minimum Gasteiger partial charge on any atom is -0.459 e. The Bertz CT molecular complexity index is 763. The fourth-order valence-corrected chi connectivity index (χ4v) is 7.95. The van der Waals surface area contributed by atoms with E-state index in [1.807, 2.05) is 13.8 Å². The minimum absolute atomic E-state index is 0.00838. The van der Waals surface area contributed by atoms with Crippen molar-refractivity contribution in [2.45, 2.75) is 85.2 Å². The van der Waals surface area contributed by atoms with Crippen LogP contribution in [-0.4, -0.2) is 23.1 Å². The molecule has 3 saturated carbocycles. The Morgan fingerprint density at radius 3 is 2.46 bits per heavy atom. The number of ether oxygens (including phenoxy) is 1. The largest absolute Gasteiger partial charge is 0.459 e. The van der Waals surface area contributed by atoms with Crippen LogP contribution in [-0.2, 0) is 19.1 Å². The number of ketones is 2. The van der Waals surface area contributed by atoms with Crippen molar-refractivity contribution in [1.82, 2.24) is 0 Å². The number of carbonyl (C=O) groups excluding carboxylic acids is 3. The van der Waals surface area contributed by atoms with E-state index >= 15 is 0 Å². The molecule has 0 aliphatic heterocycles. The summed E-state index contributed by atoms with van der Waals surface area (Å²) in [6.07, 6.45) is 8.66. The second-order valence-electron chi connectivity index (χ2n) is 10.5. The van der Waals surface area contributed by atoms with Crippen molar-refractivity contribution in [3.63, 3.8) is 0 Å². The van der Waals surface area contributed by atoms with Crippen LogP contribution in [0.1, 0.15) is 79.6 Å². The highest BCUT2D eigenvalue weighted by atomic mass is 16.6. The molecule has 0 amide bonds. The van der Waals surface area contributed by atoms with Gasteiger partial charge in [0.2, 0.25) is 11.6 Å². The first-order valence-electron chi connectivity index (χ1n) is 11.1. The lowest BCUT2D eigenvalue weighted by Gasteiger charge is -2.58. The molecule has 154 valence electrons. The van der Waals surface area contributed by atoms with E-state index in [-0.39, 0.29) is 34.5 Å². The maximum absolute atomic E-state index is 12.7. The molecular formula is C24H34O4. The molecule has 0 aromatic heterocycles. The normalized spacial score (nSPS) is 44.2. The topological polar surface area (TPSA) is 60.4 Å². The van der Waals surface area contributed by atoms with Gasteiger partial charge < -0.3 is 4.74 Å². The molecule has 0 N–H and O–H groups in total. The number of hydrogen-bond donors (Lipinski definition) is 0. The van der Waals surface area contributed by atoms with Gasteiger partial charge in [0.25, 0.3) is 0 Å². The van der Waals surface area contributed by atoms with Crippen LogP contribution in [0.15, 0.2) is 11.6 Å². The number of carbonyl (C=O) groups is 3. The molecule has 0 radical (unpaired) electrons. The molecule has 4 rings (SSSR count). The van der Waals surface area contributed by atoms with Crippen LogP contribution in [0.4, 0.5) is 0 Å². The van der Waals surface area contributed by atoms with E-state index in [0.29, 0.717) is 17.8 Å². The van der Waals surface area contributed by atoms with Gasteiger partial charge in [0.15, 0.2) is 0 Å². The lowest BCUT2D eigenvalue weighted by atomic mass is 9.47. The Hall–Kier alpha value is -1.45. The molecule has 3 fully saturated rings.